The first-order valence-corrected chi connectivity index (χ1v) is 10.1. The van der Waals surface area contributed by atoms with E-state index >= 15 is 0 Å². The number of aliphatic carboxylic acids is 1. The van der Waals surface area contributed by atoms with E-state index in [1.54, 1.807) is 24.3 Å². The first kappa shape index (κ1) is 20.0. The molecule has 0 bridgehead atoms. The molecule has 0 unspecified atom stereocenters. The van der Waals surface area contributed by atoms with Crippen LogP contribution in [0.4, 0.5) is 5.69 Å². The van der Waals surface area contributed by atoms with Crippen LogP contribution >= 0.6 is 0 Å². The summed E-state index contributed by atoms with van der Waals surface area (Å²) in [6.07, 6.45) is 1.05. The summed E-state index contributed by atoms with van der Waals surface area (Å²) in [7, 11) is -3.89. The summed E-state index contributed by atoms with van der Waals surface area (Å²) >= 11 is 0. The predicted octanol–water partition coefficient (Wildman–Crippen LogP) is 1.54. The van der Waals surface area contributed by atoms with Crippen LogP contribution in [0.2, 0.25) is 0 Å². The van der Waals surface area contributed by atoms with Crippen molar-refractivity contribution in [1.82, 2.24) is 4.90 Å². The molecule has 8 nitrogen and oxygen atoms in total. The van der Waals surface area contributed by atoms with E-state index in [9.17, 15) is 18.0 Å². The van der Waals surface area contributed by atoms with E-state index in [2.05, 4.69) is 4.72 Å². The molecule has 0 radical (unpaired) electrons. The van der Waals surface area contributed by atoms with Crippen LogP contribution in [0.15, 0.2) is 24.3 Å². The smallest absolute Gasteiger partial charge is 0.308 e. The van der Waals surface area contributed by atoms with Crippen LogP contribution in [0.25, 0.3) is 0 Å². The summed E-state index contributed by atoms with van der Waals surface area (Å²) in [6.45, 7) is 4.19. The highest BCUT2D eigenvalue weighted by atomic mass is 32.2. The second-order valence-electron chi connectivity index (χ2n) is 6.57. The summed E-state index contributed by atoms with van der Waals surface area (Å²) < 4.78 is 32.3. The van der Waals surface area contributed by atoms with Crippen LogP contribution < -0.4 is 9.46 Å². The fourth-order valence-electron chi connectivity index (χ4n) is 2.75. The Kier molecular flexibility index (Phi) is 6.47. The standard InChI is InChI=1S/C17H24N2O6S/c1-12(2)25-15-7-5-14(6-8-15)18-26(23,24)11-16(20)19-9-3-4-13(10-19)17(21)22/h5-8,12-13,18H,3-4,9-11H2,1-2H3,(H,21,22)/t13-/m0/s1. The number of nitrogens with one attached hydrogen (secondary N) is 1. The van der Waals surface area contributed by atoms with Crippen molar-refractivity contribution in [3.8, 4) is 5.75 Å². The van der Waals surface area contributed by atoms with Crippen molar-refractivity contribution < 1.29 is 27.9 Å². The Balaban J connectivity index is 1.95. The SMILES string of the molecule is CC(C)Oc1ccc(NS(=O)(=O)CC(=O)N2CCC[C@H](C(=O)O)C2)cc1. The minimum atomic E-state index is -3.89. The van der Waals surface area contributed by atoms with Crippen molar-refractivity contribution in [2.24, 2.45) is 5.92 Å². The monoisotopic (exact) mass is 384 g/mol. The highest BCUT2D eigenvalue weighted by Crippen LogP contribution is 2.19. The zero-order chi connectivity index (χ0) is 19.3. The fraction of sp³-hybridized carbons (Fsp3) is 0.529. The van der Waals surface area contributed by atoms with Gasteiger partial charge >= 0.3 is 5.97 Å². The maximum Gasteiger partial charge on any atom is 0.308 e. The third kappa shape index (κ3) is 5.91. The number of hydrogen-bond donors (Lipinski definition) is 2. The molecule has 1 saturated heterocycles. The van der Waals surface area contributed by atoms with Gasteiger partial charge in [-0.1, -0.05) is 0 Å². The number of nitrogens with zero attached hydrogens (tertiary/aromatic N) is 1. The molecule has 26 heavy (non-hydrogen) atoms. The Morgan fingerprint density at radius 2 is 1.96 bits per heavy atom. The van der Waals surface area contributed by atoms with E-state index in [4.69, 9.17) is 9.84 Å². The Morgan fingerprint density at radius 3 is 2.54 bits per heavy atom. The van der Waals surface area contributed by atoms with Gasteiger partial charge in [0.25, 0.3) is 0 Å². The van der Waals surface area contributed by atoms with Gasteiger partial charge in [-0.25, -0.2) is 8.42 Å². The molecule has 2 N–H and O–H groups in total. The maximum absolute atomic E-state index is 12.2. The number of rotatable bonds is 7. The van der Waals surface area contributed by atoms with Crippen LogP contribution in [0.5, 0.6) is 5.75 Å². The van der Waals surface area contributed by atoms with Gasteiger partial charge in [-0.05, 0) is 51.0 Å². The first-order valence-electron chi connectivity index (χ1n) is 8.44. The summed E-state index contributed by atoms with van der Waals surface area (Å²) in [5.74, 6) is -2.30. The molecule has 1 aliphatic heterocycles. The van der Waals surface area contributed by atoms with E-state index < -0.39 is 33.6 Å². The van der Waals surface area contributed by atoms with Crippen molar-refractivity contribution in [2.45, 2.75) is 32.8 Å². The molecule has 1 fully saturated rings. The third-order valence-corrected chi connectivity index (χ3v) is 5.11. The number of piperidine rings is 1. The molecule has 1 heterocycles. The number of carbonyl (C=O) groups excluding carboxylic acids is 1. The quantitative estimate of drug-likeness (QED) is 0.737. The lowest BCUT2D eigenvalue weighted by Crippen LogP contribution is -2.45. The number of amides is 1. The van der Waals surface area contributed by atoms with Crippen molar-refractivity contribution in [2.75, 3.05) is 23.6 Å². The number of benzene rings is 1. The molecule has 2 rings (SSSR count). The number of likely N-dealkylation sites (tertiary alicyclic amines) is 1. The summed E-state index contributed by atoms with van der Waals surface area (Å²) in [4.78, 5) is 24.6. The number of carboxylic acids is 1. The van der Waals surface area contributed by atoms with Gasteiger partial charge in [-0.3, -0.25) is 14.3 Å². The number of sulfonamides is 1. The lowest BCUT2D eigenvalue weighted by molar-refractivity contribution is -0.145. The zero-order valence-corrected chi connectivity index (χ0v) is 15.7. The minimum absolute atomic E-state index is 0.00864. The molecule has 0 aliphatic carbocycles. The van der Waals surface area contributed by atoms with Gasteiger partial charge in [0.2, 0.25) is 15.9 Å². The van der Waals surface area contributed by atoms with Gasteiger partial charge < -0.3 is 14.7 Å². The Hall–Kier alpha value is -2.29. The van der Waals surface area contributed by atoms with Crippen LogP contribution in [-0.2, 0) is 19.6 Å². The lowest BCUT2D eigenvalue weighted by atomic mass is 9.98. The van der Waals surface area contributed by atoms with Gasteiger partial charge in [0.15, 0.2) is 0 Å². The zero-order valence-electron chi connectivity index (χ0n) is 14.8. The molecule has 9 heteroatoms. The second-order valence-corrected chi connectivity index (χ2v) is 8.29. The predicted molar refractivity (Wildman–Crippen MR) is 96.6 cm³/mol. The number of carboxylic acid groups (broad SMARTS) is 1. The highest BCUT2D eigenvalue weighted by Gasteiger charge is 2.30. The summed E-state index contributed by atoms with van der Waals surface area (Å²) in [6, 6.07) is 6.39. The highest BCUT2D eigenvalue weighted by molar-refractivity contribution is 7.93. The first-order chi connectivity index (χ1) is 12.2. The molecule has 1 aromatic rings. The van der Waals surface area contributed by atoms with Gasteiger partial charge in [-0.15, -0.1) is 0 Å². The number of hydrogen-bond acceptors (Lipinski definition) is 5. The molecular weight excluding hydrogens is 360 g/mol. The van der Waals surface area contributed by atoms with E-state index in [-0.39, 0.29) is 12.6 Å². The Bertz CT molecular complexity index is 745. The van der Waals surface area contributed by atoms with Gasteiger partial charge in [0, 0.05) is 18.8 Å². The number of carbonyl (C=O) groups is 2. The number of ether oxygens (including phenoxy) is 1. The maximum atomic E-state index is 12.2. The molecule has 1 aliphatic rings. The normalized spacial score (nSPS) is 17.8. The molecule has 0 spiro atoms. The van der Waals surface area contributed by atoms with Gasteiger partial charge in [0.1, 0.15) is 11.5 Å². The summed E-state index contributed by atoms with van der Waals surface area (Å²) in [5.41, 5.74) is 0.330. The second kappa shape index (κ2) is 8.39. The molecule has 0 saturated carbocycles. The number of anilines is 1. The van der Waals surface area contributed by atoms with Crippen LogP contribution in [0, 0.1) is 5.92 Å². The van der Waals surface area contributed by atoms with Crippen LogP contribution in [0.1, 0.15) is 26.7 Å². The molecule has 1 aromatic carbocycles. The third-order valence-electron chi connectivity index (χ3n) is 3.94. The van der Waals surface area contributed by atoms with E-state index in [1.807, 2.05) is 13.8 Å². The molecule has 1 amide bonds. The van der Waals surface area contributed by atoms with Crippen LogP contribution in [-0.4, -0.2) is 55.2 Å². The average molecular weight is 384 g/mol. The van der Waals surface area contributed by atoms with E-state index in [0.717, 1.165) is 0 Å². The molecule has 0 aromatic heterocycles. The van der Waals surface area contributed by atoms with Gasteiger partial charge in [-0.2, -0.15) is 0 Å². The van der Waals surface area contributed by atoms with E-state index in [0.29, 0.717) is 30.8 Å². The largest absolute Gasteiger partial charge is 0.491 e. The fourth-order valence-corrected chi connectivity index (χ4v) is 3.82. The van der Waals surface area contributed by atoms with Crippen LogP contribution in [0.3, 0.4) is 0 Å². The molecular formula is C17H24N2O6S. The minimum Gasteiger partial charge on any atom is -0.491 e. The van der Waals surface area contributed by atoms with Crippen molar-refractivity contribution in [3.05, 3.63) is 24.3 Å². The topological polar surface area (TPSA) is 113 Å². The summed E-state index contributed by atoms with van der Waals surface area (Å²) in [5, 5.41) is 9.06. The lowest BCUT2D eigenvalue weighted by Gasteiger charge is -2.30. The average Bonchev–Trinajstić information content (AvgIpc) is 2.55. The van der Waals surface area contributed by atoms with Gasteiger partial charge in [0.05, 0.1) is 12.0 Å². The molecule has 1 atom stereocenters. The van der Waals surface area contributed by atoms with Crippen molar-refractivity contribution in [3.63, 3.8) is 0 Å². The Labute approximate surface area is 153 Å². The van der Waals surface area contributed by atoms with Crippen molar-refractivity contribution in [1.29, 1.82) is 0 Å². The Morgan fingerprint density at radius 1 is 1.31 bits per heavy atom. The van der Waals surface area contributed by atoms with E-state index in [1.165, 1.54) is 4.90 Å². The molecule has 144 valence electrons. The van der Waals surface area contributed by atoms with Crippen molar-refractivity contribution >= 4 is 27.6 Å².